The van der Waals surface area contributed by atoms with Crippen LogP contribution in [0.15, 0.2) is 103 Å². The van der Waals surface area contributed by atoms with Crippen molar-refractivity contribution in [2.45, 2.75) is 38.0 Å². The molecule has 0 unspecified atom stereocenters. The third-order valence-corrected chi connectivity index (χ3v) is 8.60. The molecule has 2 aliphatic rings. The smallest absolute Gasteiger partial charge is 0.195 e. The minimum absolute atomic E-state index is 0.0721. The Morgan fingerprint density at radius 2 is 1.56 bits per heavy atom. The van der Waals surface area contributed by atoms with Gasteiger partial charge in [-0.15, -0.1) is 0 Å². The lowest BCUT2D eigenvalue weighted by Crippen LogP contribution is -2.39. The van der Waals surface area contributed by atoms with Crippen molar-refractivity contribution in [3.05, 3.63) is 142 Å². The van der Waals surface area contributed by atoms with Crippen molar-refractivity contribution in [1.29, 1.82) is 0 Å². The van der Waals surface area contributed by atoms with Crippen molar-refractivity contribution in [3.63, 3.8) is 0 Å². The van der Waals surface area contributed by atoms with Gasteiger partial charge in [0, 0.05) is 34.3 Å². The molecule has 0 aliphatic carbocycles. The van der Waals surface area contributed by atoms with Crippen LogP contribution in [-0.2, 0) is 16.9 Å². The second-order valence-electron chi connectivity index (χ2n) is 10.8. The average molecular weight is 513 g/mol. The van der Waals surface area contributed by atoms with Crippen molar-refractivity contribution < 1.29 is 9.53 Å². The summed E-state index contributed by atoms with van der Waals surface area (Å²) < 4.78 is 9.26. The quantitative estimate of drug-likeness (QED) is 0.260. The van der Waals surface area contributed by atoms with Gasteiger partial charge in [0.25, 0.3) is 0 Å². The van der Waals surface area contributed by atoms with E-state index in [-0.39, 0.29) is 17.5 Å². The van der Waals surface area contributed by atoms with E-state index in [9.17, 15) is 4.79 Å². The first-order valence-electron chi connectivity index (χ1n) is 13.9. The van der Waals surface area contributed by atoms with Gasteiger partial charge in [-0.05, 0) is 55.6 Å². The number of rotatable bonds is 5. The van der Waals surface area contributed by atoms with Crippen LogP contribution in [0.25, 0.3) is 10.9 Å². The minimum Gasteiger partial charge on any atom is -0.357 e. The van der Waals surface area contributed by atoms with E-state index < -0.39 is 0 Å². The number of hydrogen-bond donors (Lipinski definition) is 1. The molecule has 1 saturated heterocycles. The highest BCUT2D eigenvalue weighted by Crippen LogP contribution is 2.52. The lowest BCUT2D eigenvalue weighted by Gasteiger charge is -2.34. The van der Waals surface area contributed by atoms with Crippen LogP contribution in [0.2, 0.25) is 0 Å². The number of carbonyl (C=O) groups excluding carboxylic acids is 1. The number of piperidine rings is 1. The molecule has 4 heteroatoms. The predicted octanol–water partition coefficient (Wildman–Crippen LogP) is 6.93. The Hall–Kier alpha value is -3.99. The Balaban J connectivity index is 1.40. The maximum atomic E-state index is 14.7. The monoisotopic (exact) mass is 512 g/mol. The van der Waals surface area contributed by atoms with E-state index in [4.69, 9.17) is 4.74 Å². The SMILES string of the molecule is Cc1c(C(=O)c2cccc3c2[C@@H](c2ccccc2)OC32CCNCC2)c2ccccc2n1Cc1ccccc1. The third kappa shape index (κ3) is 3.94. The van der Waals surface area contributed by atoms with Gasteiger partial charge in [0.2, 0.25) is 0 Å². The summed E-state index contributed by atoms with van der Waals surface area (Å²) in [5.74, 6) is 0.0721. The second-order valence-corrected chi connectivity index (χ2v) is 10.8. The van der Waals surface area contributed by atoms with Crippen LogP contribution in [0.3, 0.4) is 0 Å². The van der Waals surface area contributed by atoms with Gasteiger partial charge in [-0.1, -0.05) is 97.1 Å². The molecule has 1 aromatic heterocycles. The lowest BCUT2D eigenvalue weighted by atomic mass is 9.81. The number of ketones is 1. The maximum Gasteiger partial charge on any atom is 0.195 e. The van der Waals surface area contributed by atoms with Gasteiger partial charge in [0.1, 0.15) is 6.10 Å². The molecule has 0 radical (unpaired) electrons. The molecule has 4 nitrogen and oxygen atoms in total. The highest BCUT2D eigenvalue weighted by molar-refractivity contribution is 6.18. The fourth-order valence-corrected chi connectivity index (χ4v) is 6.69. The zero-order valence-electron chi connectivity index (χ0n) is 22.2. The number of nitrogens with one attached hydrogen (secondary N) is 1. The third-order valence-electron chi connectivity index (χ3n) is 8.60. The zero-order valence-corrected chi connectivity index (χ0v) is 22.2. The molecule has 1 fully saturated rings. The van der Waals surface area contributed by atoms with Crippen LogP contribution in [0.1, 0.15) is 62.8 Å². The molecule has 1 spiro atoms. The molecule has 0 saturated carbocycles. The molecule has 194 valence electrons. The van der Waals surface area contributed by atoms with E-state index in [2.05, 4.69) is 89.6 Å². The summed E-state index contributed by atoms with van der Waals surface area (Å²) in [6.45, 7) is 4.62. The van der Waals surface area contributed by atoms with E-state index in [1.54, 1.807) is 0 Å². The molecule has 1 atom stereocenters. The Bertz CT molecular complexity index is 1660. The summed E-state index contributed by atoms with van der Waals surface area (Å²) >= 11 is 0. The molecule has 2 aliphatic heterocycles. The summed E-state index contributed by atoms with van der Waals surface area (Å²) in [5.41, 5.74) is 7.77. The number of para-hydroxylation sites is 1. The number of ether oxygens (including phenoxy) is 1. The highest BCUT2D eigenvalue weighted by Gasteiger charge is 2.47. The zero-order chi connectivity index (χ0) is 26.4. The molecule has 39 heavy (non-hydrogen) atoms. The minimum atomic E-state index is -0.367. The van der Waals surface area contributed by atoms with Crippen LogP contribution in [0.5, 0.6) is 0 Å². The molecule has 5 aromatic rings. The van der Waals surface area contributed by atoms with Gasteiger partial charge in [-0.2, -0.15) is 0 Å². The fraction of sp³-hybridized carbons (Fsp3) is 0.229. The predicted molar refractivity (Wildman–Crippen MR) is 155 cm³/mol. The van der Waals surface area contributed by atoms with Crippen LogP contribution in [-0.4, -0.2) is 23.4 Å². The first-order valence-corrected chi connectivity index (χ1v) is 13.9. The summed E-state index contributed by atoms with van der Waals surface area (Å²) in [6.07, 6.45) is 1.53. The number of nitrogens with zero attached hydrogens (tertiary/aromatic N) is 1. The van der Waals surface area contributed by atoms with Crippen molar-refractivity contribution in [2.24, 2.45) is 0 Å². The summed E-state index contributed by atoms with van der Waals surface area (Å²) in [5, 5.41) is 4.49. The first-order chi connectivity index (χ1) is 19.2. The summed E-state index contributed by atoms with van der Waals surface area (Å²) in [4.78, 5) is 14.7. The van der Waals surface area contributed by atoms with Crippen LogP contribution < -0.4 is 5.32 Å². The van der Waals surface area contributed by atoms with E-state index >= 15 is 0 Å². The molecule has 0 bridgehead atoms. The molecule has 3 heterocycles. The van der Waals surface area contributed by atoms with Crippen LogP contribution in [0, 0.1) is 6.92 Å². The molecular formula is C35H32N2O2. The lowest BCUT2D eigenvalue weighted by molar-refractivity contribution is -0.0799. The largest absolute Gasteiger partial charge is 0.357 e. The van der Waals surface area contributed by atoms with E-state index in [1.165, 1.54) is 11.1 Å². The fourth-order valence-electron chi connectivity index (χ4n) is 6.69. The van der Waals surface area contributed by atoms with E-state index in [1.807, 2.05) is 30.3 Å². The van der Waals surface area contributed by atoms with Gasteiger partial charge in [0.05, 0.1) is 11.2 Å². The number of benzene rings is 4. The average Bonchev–Trinajstić information content (AvgIpc) is 3.45. The van der Waals surface area contributed by atoms with Gasteiger partial charge in [-0.3, -0.25) is 4.79 Å². The molecule has 1 N–H and O–H groups in total. The molecule has 7 rings (SSSR count). The Labute approximate surface area is 229 Å². The number of carbonyl (C=O) groups is 1. The highest BCUT2D eigenvalue weighted by atomic mass is 16.5. The van der Waals surface area contributed by atoms with Gasteiger partial charge in [-0.25, -0.2) is 0 Å². The van der Waals surface area contributed by atoms with Crippen LogP contribution in [0.4, 0.5) is 0 Å². The normalized spacial score (nSPS) is 17.9. The number of aromatic nitrogens is 1. The van der Waals surface area contributed by atoms with Crippen molar-refractivity contribution >= 4 is 16.7 Å². The van der Waals surface area contributed by atoms with E-state index in [0.29, 0.717) is 0 Å². The summed E-state index contributed by atoms with van der Waals surface area (Å²) in [7, 11) is 0. The molecule has 0 amide bonds. The van der Waals surface area contributed by atoms with Crippen molar-refractivity contribution in [2.75, 3.05) is 13.1 Å². The standard InChI is InChI=1S/C35H32N2O2/c1-24-31(27-15-8-9-18-30(27)37(24)23-25-11-4-2-5-12-25)33(38)28-16-10-17-29-32(28)34(26-13-6-3-7-14-26)39-35(29)19-21-36-22-20-35/h2-18,34,36H,19-23H2,1H3/t34-/m1/s1. The number of hydrogen-bond acceptors (Lipinski definition) is 3. The van der Waals surface area contributed by atoms with Gasteiger partial charge < -0.3 is 14.6 Å². The first kappa shape index (κ1) is 24.1. The topological polar surface area (TPSA) is 43.3 Å². The van der Waals surface area contributed by atoms with Gasteiger partial charge in [0.15, 0.2) is 5.78 Å². The Morgan fingerprint density at radius 3 is 2.33 bits per heavy atom. The Kier molecular flexibility index (Phi) is 5.95. The van der Waals surface area contributed by atoms with E-state index in [0.717, 1.165) is 71.3 Å². The van der Waals surface area contributed by atoms with Crippen molar-refractivity contribution in [1.82, 2.24) is 9.88 Å². The second kappa shape index (κ2) is 9.64. The van der Waals surface area contributed by atoms with Crippen molar-refractivity contribution in [3.8, 4) is 0 Å². The maximum absolute atomic E-state index is 14.7. The molecule has 4 aromatic carbocycles. The molecular weight excluding hydrogens is 480 g/mol. The summed E-state index contributed by atoms with van der Waals surface area (Å²) in [6, 6.07) is 35.3. The van der Waals surface area contributed by atoms with Gasteiger partial charge >= 0.3 is 0 Å². The number of fused-ring (bicyclic) bond motifs is 3. The van der Waals surface area contributed by atoms with Crippen LogP contribution >= 0.6 is 0 Å². The Morgan fingerprint density at radius 1 is 0.872 bits per heavy atom.